The zero-order valence-corrected chi connectivity index (χ0v) is 5.20. The van der Waals surface area contributed by atoms with E-state index >= 15 is 0 Å². The van der Waals surface area contributed by atoms with Gasteiger partial charge in [0.2, 0.25) is 0 Å². The molecule has 0 aromatic rings. The fourth-order valence-corrected chi connectivity index (χ4v) is 0.179. The summed E-state index contributed by atoms with van der Waals surface area (Å²) in [7, 11) is 0. The van der Waals surface area contributed by atoms with E-state index in [0.717, 1.165) is 5.57 Å². The van der Waals surface area contributed by atoms with Gasteiger partial charge in [0, 0.05) is 0 Å². The summed E-state index contributed by atoms with van der Waals surface area (Å²) in [6.45, 7) is 1.99. The van der Waals surface area contributed by atoms with Crippen LogP contribution in [0.25, 0.3) is 0 Å². The van der Waals surface area contributed by atoms with Gasteiger partial charge in [-0.05, 0) is 17.5 Å². The van der Waals surface area contributed by atoms with Gasteiger partial charge in [0.05, 0.1) is 6.61 Å². The number of hydrogen-bond donors (Lipinski definition) is 1. The van der Waals surface area contributed by atoms with E-state index in [-0.39, 0.29) is 6.61 Å². The minimum atomic E-state index is 0.144. The summed E-state index contributed by atoms with van der Waals surface area (Å²) in [6.07, 6.45) is 0. The molecule has 36 valence electrons. The van der Waals surface area contributed by atoms with Crippen LogP contribution in [0.3, 0.4) is 0 Å². The monoisotopic (exact) mass is 150 g/mol. The van der Waals surface area contributed by atoms with Crippen LogP contribution in [0.1, 0.15) is 6.92 Å². The first-order chi connectivity index (χ1) is 2.81. The molecule has 0 rings (SSSR count). The second kappa shape index (κ2) is 3.37. The Kier molecular flexibility index (Phi) is 3.47. The van der Waals surface area contributed by atoms with E-state index in [0.29, 0.717) is 0 Å². The summed E-state index contributed by atoms with van der Waals surface area (Å²) in [6, 6.07) is 0. The second-order valence-corrected chi connectivity index (χ2v) is 1.57. The van der Waals surface area contributed by atoms with Crippen molar-refractivity contribution in [2.45, 2.75) is 6.92 Å². The molecule has 0 aromatic carbocycles. The molecule has 0 saturated carbocycles. The minimum Gasteiger partial charge on any atom is -0.392 e. The van der Waals surface area contributed by atoms with E-state index in [1.807, 2.05) is 6.92 Å². The van der Waals surface area contributed by atoms with Gasteiger partial charge in [-0.3, -0.25) is 0 Å². The Morgan fingerprint density at radius 2 is 2.50 bits per heavy atom. The van der Waals surface area contributed by atoms with Gasteiger partial charge in [-0.1, -0.05) is 15.9 Å². The highest BCUT2D eigenvalue weighted by molar-refractivity contribution is 9.11. The van der Waals surface area contributed by atoms with Crippen LogP contribution in [0.15, 0.2) is 10.6 Å². The molecule has 0 bridgehead atoms. The van der Waals surface area contributed by atoms with Gasteiger partial charge in [0.1, 0.15) is 0 Å². The van der Waals surface area contributed by atoms with E-state index in [1.54, 1.807) is 4.99 Å². The molecule has 0 aliphatic heterocycles. The first-order valence-corrected chi connectivity index (χ1v) is 2.59. The van der Waals surface area contributed by atoms with Crippen LogP contribution in [0.5, 0.6) is 0 Å². The fraction of sp³-hybridized carbons (Fsp3) is 0.500. The summed E-state index contributed by atoms with van der Waals surface area (Å²) in [4.78, 5) is 1.70. The van der Waals surface area contributed by atoms with Crippen molar-refractivity contribution in [2.75, 3.05) is 6.61 Å². The molecule has 0 heterocycles. The molecule has 0 aromatic heterocycles. The zero-order valence-electron chi connectivity index (χ0n) is 3.61. The maximum absolute atomic E-state index is 8.24. The molecule has 6 heavy (non-hydrogen) atoms. The lowest BCUT2D eigenvalue weighted by Crippen LogP contribution is -1.78. The molecule has 0 radical (unpaired) electrons. The third kappa shape index (κ3) is 2.42. The Hall–Kier alpha value is 0.180. The molecule has 0 atom stereocenters. The van der Waals surface area contributed by atoms with Gasteiger partial charge in [-0.2, -0.15) is 0 Å². The molecule has 0 fully saturated rings. The second-order valence-electron chi connectivity index (χ2n) is 1.11. The molecule has 0 saturated heterocycles. The maximum atomic E-state index is 8.24. The van der Waals surface area contributed by atoms with Crippen molar-refractivity contribution >= 4 is 15.9 Å². The van der Waals surface area contributed by atoms with Gasteiger partial charge < -0.3 is 5.11 Å². The highest BCUT2D eigenvalue weighted by atomic mass is 79.9. The summed E-state index contributed by atoms with van der Waals surface area (Å²) < 4.78 is 0. The summed E-state index contributed by atoms with van der Waals surface area (Å²) >= 11 is 3.05. The Labute approximate surface area is 45.8 Å². The topological polar surface area (TPSA) is 20.2 Å². The number of aliphatic hydroxyl groups excluding tert-OH is 1. The smallest absolute Gasteiger partial charge is 0.0647 e. The first kappa shape index (κ1) is 6.18. The standard InChI is InChI=1S/C4H7BrO/c1-4(2-5)3-6/h2,6H,3H2,1H3/b4-2+. The largest absolute Gasteiger partial charge is 0.392 e. The van der Waals surface area contributed by atoms with Gasteiger partial charge in [0.25, 0.3) is 0 Å². The molecular weight excluding hydrogens is 144 g/mol. The third-order valence-electron chi connectivity index (χ3n) is 0.436. The lowest BCUT2D eigenvalue weighted by Gasteiger charge is -1.83. The molecule has 0 aliphatic rings. The number of rotatable bonds is 1. The van der Waals surface area contributed by atoms with Crippen LogP contribution in [0.4, 0.5) is 0 Å². The van der Waals surface area contributed by atoms with Gasteiger partial charge in [-0.25, -0.2) is 0 Å². The van der Waals surface area contributed by atoms with Crippen molar-refractivity contribution in [3.8, 4) is 0 Å². The number of aliphatic hydroxyl groups is 1. The summed E-state index contributed by atoms with van der Waals surface area (Å²) in [5, 5.41) is 8.24. The van der Waals surface area contributed by atoms with Crippen molar-refractivity contribution in [2.24, 2.45) is 0 Å². The Bertz CT molecular complexity index is 58.6. The van der Waals surface area contributed by atoms with Crippen molar-refractivity contribution < 1.29 is 5.11 Å². The number of hydrogen-bond acceptors (Lipinski definition) is 1. The van der Waals surface area contributed by atoms with Crippen molar-refractivity contribution in [1.82, 2.24) is 0 Å². The summed E-state index contributed by atoms with van der Waals surface area (Å²) in [5.41, 5.74) is 0.940. The van der Waals surface area contributed by atoms with Crippen LogP contribution < -0.4 is 0 Å². The molecule has 0 amide bonds. The molecule has 1 nitrogen and oxygen atoms in total. The van der Waals surface area contributed by atoms with E-state index in [4.69, 9.17) is 5.11 Å². The molecule has 0 spiro atoms. The molecule has 0 unspecified atom stereocenters. The molecule has 1 N–H and O–H groups in total. The van der Waals surface area contributed by atoms with Crippen LogP contribution in [0, 0.1) is 0 Å². The first-order valence-electron chi connectivity index (χ1n) is 1.68. The number of halogens is 1. The van der Waals surface area contributed by atoms with Gasteiger partial charge in [0.15, 0.2) is 0 Å². The normalized spacial score (nSPS) is 12.2. The third-order valence-corrected chi connectivity index (χ3v) is 1.22. The molecule has 0 aliphatic carbocycles. The van der Waals surface area contributed by atoms with Gasteiger partial charge in [-0.15, -0.1) is 0 Å². The lowest BCUT2D eigenvalue weighted by molar-refractivity contribution is 0.332. The highest BCUT2D eigenvalue weighted by Crippen LogP contribution is 1.92. The highest BCUT2D eigenvalue weighted by Gasteiger charge is 1.75. The van der Waals surface area contributed by atoms with Crippen molar-refractivity contribution in [3.05, 3.63) is 10.6 Å². The predicted octanol–water partition coefficient (Wildman–Crippen LogP) is 1.28. The Morgan fingerprint density at radius 1 is 2.00 bits per heavy atom. The van der Waals surface area contributed by atoms with Crippen molar-refractivity contribution in [3.63, 3.8) is 0 Å². The van der Waals surface area contributed by atoms with E-state index < -0.39 is 0 Å². The quantitative estimate of drug-likeness (QED) is 0.598. The van der Waals surface area contributed by atoms with Gasteiger partial charge >= 0.3 is 0 Å². The predicted molar refractivity (Wildman–Crippen MR) is 29.8 cm³/mol. The van der Waals surface area contributed by atoms with Crippen LogP contribution in [-0.4, -0.2) is 11.7 Å². The lowest BCUT2D eigenvalue weighted by atomic mass is 10.4. The van der Waals surface area contributed by atoms with Crippen molar-refractivity contribution in [1.29, 1.82) is 0 Å². The SMILES string of the molecule is C/C(=C\Br)CO. The van der Waals surface area contributed by atoms with E-state index in [9.17, 15) is 0 Å². The zero-order chi connectivity index (χ0) is 4.99. The minimum absolute atomic E-state index is 0.144. The van der Waals surface area contributed by atoms with E-state index in [2.05, 4.69) is 15.9 Å². The maximum Gasteiger partial charge on any atom is 0.0647 e. The average Bonchev–Trinajstić information content (AvgIpc) is 1.65. The van der Waals surface area contributed by atoms with E-state index in [1.165, 1.54) is 0 Å². The molecule has 2 heteroatoms. The van der Waals surface area contributed by atoms with Crippen LogP contribution in [-0.2, 0) is 0 Å². The molecular formula is C4H7BrO. The fourth-order valence-electron chi connectivity index (χ4n) is 0.0345. The Balaban J connectivity index is 3.22. The van der Waals surface area contributed by atoms with Crippen LogP contribution in [0.2, 0.25) is 0 Å². The summed E-state index contributed by atoms with van der Waals surface area (Å²) in [5.74, 6) is 0. The Morgan fingerprint density at radius 3 is 2.50 bits per heavy atom. The average molecular weight is 151 g/mol. The van der Waals surface area contributed by atoms with Crippen LogP contribution >= 0.6 is 15.9 Å².